The zero-order valence-corrected chi connectivity index (χ0v) is 10.2. The Morgan fingerprint density at radius 3 is 2.53 bits per heavy atom. The van der Waals surface area contributed by atoms with Crippen LogP contribution in [0.1, 0.15) is 35.9 Å². The summed E-state index contributed by atoms with van der Waals surface area (Å²) in [4.78, 5) is 23.2. The highest BCUT2D eigenvalue weighted by Gasteiger charge is 2.22. The molecule has 0 aliphatic rings. The molecule has 4 nitrogen and oxygen atoms in total. The molecule has 4 heteroatoms. The Morgan fingerprint density at radius 2 is 1.94 bits per heavy atom. The van der Waals surface area contributed by atoms with Gasteiger partial charge in [-0.25, -0.2) is 4.79 Å². The molecule has 0 fully saturated rings. The summed E-state index contributed by atoms with van der Waals surface area (Å²) in [7, 11) is 1.55. The molecule has 0 amide bonds. The SMILES string of the molecule is CCOC(=O)C(=O)c1ccccc1C(C)OC. The van der Waals surface area contributed by atoms with Crippen molar-refractivity contribution >= 4 is 11.8 Å². The van der Waals surface area contributed by atoms with Gasteiger partial charge in [0.1, 0.15) is 0 Å². The molecule has 92 valence electrons. The molecule has 0 heterocycles. The maximum absolute atomic E-state index is 11.8. The highest BCUT2D eigenvalue weighted by atomic mass is 16.5. The molecule has 0 radical (unpaired) electrons. The number of hydrogen-bond donors (Lipinski definition) is 0. The first-order valence-corrected chi connectivity index (χ1v) is 5.45. The van der Waals surface area contributed by atoms with Crippen LogP contribution in [0.5, 0.6) is 0 Å². The molecule has 1 unspecified atom stereocenters. The molecule has 0 saturated carbocycles. The van der Waals surface area contributed by atoms with Gasteiger partial charge in [0.15, 0.2) is 0 Å². The first-order valence-electron chi connectivity index (χ1n) is 5.45. The van der Waals surface area contributed by atoms with Gasteiger partial charge in [-0.15, -0.1) is 0 Å². The van der Waals surface area contributed by atoms with Gasteiger partial charge in [-0.2, -0.15) is 0 Å². The first kappa shape index (κ1) is 13.4. The summed E-state index contributed by atoms with van der Waals surface area (Å²) in [6, 6.07) is 6.87. The maximum Gasteiger partial charge on any atom is 0.379 e. The minimum Gasteiger partial charge on any atom is -0.460 e. The van der Waals surface area contributed by atoms with Crippen LogP contribution in [0.25, 0.3) is 0 Å². The van der Waals surface area contributed by atoms with Crippen molar-refractivity contribution in [2.24, 2.45) is 0 Å². The van der Waals surface area contributed by atoms with Crippen LogP contribution in [0.2, 0.25) is 0 Å². The minimum absolute atomic E-state index is 0.187. The van der Waals surface area contributed by atoms with Gasteiger partial charge in [0.05, 0.1) is 12.7 Å². The number of methoxy groups -OCH3 is 1. The molecule has 0 aromatic heterocycles. The van der Waals surface area contributed by atoms with Gasteiger partial charge in [-0.05, 0) is 19.4 Å². The molecule has 0 aliphatic heterocycles. The van der Waals surface area contributed by atoms with E-state index in [0.717, 1.165) is 0 Å². The van der Waals surface area contributed by atoms with Crippen molar-refractivity contribution in [1.82, 2.24) is 0 Å². The predicted molar refractivity (Wildman–Crippen MR) is 62.8 cm³/mol. The second-order valence-corrected chi connectivity index (χ2v) is 3.51. The average Bonchev–Trinajstić information content (AvgIpc) is 2.37. The van der Waals surface area contributed by atoms with E-state index in [1.54, 1.807) is 38.3 Å². The third-order valence-corrected chi connectivity index (χ3v) is 2.46. The Balaban J connectivity index is 3.05. The van der Waals surface area contributed by atoms with Crippen LogP contribution in [0.15, 0.2) is 24.3 Å². The molecule has 1 rings (SSSR count). The standard InChI is InChI=1S/C13H16O4/c1-4-17-13(15)12(14)11-8-6-5-7-10(11)9(2)16-3/h5-9H,4H2,1-3H3. The van der Waals surface area contributed by atoms with Crippen LogP contribution >= 0.6 is 0 Å². The van der Waals surface area contributed by atoms with Crippen LogP contribution in [0.4, 0.5) is 0 Å². The van der Waals surface area contributed by atoms with E-state index < -0.39 is 11.8 Å². The Labute approximate surface area is 101 Å². The average molecular weight is 236 g/mol. The van der Waals surface area contributed by atoms with Gasteiger partial charge in [-0.1, -0.05) is 24.3 Å². The molecule has 0 spiro atoms. The van der Waals surface area contributed by atoms with Gasteiger partial charge in [0, 0.05) is 12.7 Å². The Hall–Kier alpha value is -1.68. The molecule has 1 aromatic carbocycles. The Kier molecular flexibility index (Phi) is 4.84. The monoisotopic (exact) mass is 236 g/mol. The number of hydrogen-bond acceptors (Lipinski definition) is 4. The number of ketones is 1. The number of benzene rings is 1. The van der Waals surface area contributed by atoms with Crippen molar-refractivity contribution in [2.75, 3.05) is 13.7 Å². The number of carbonyl (C=O) groups excluding carboxylic acids is 2. The lowest BCUT2D eigenvalue weighted by atomic mass is 10.00. The van der Waals surface area contributed by atoms with E-state index >= 15 is 0 Å². The third kappa shape index (κ3) is 3.14. The second kappa shape index (κ2) is 6.15. The smallest absolute Gasteiger partial charge is 0.379 e. The Morgan fingerprint density at radius 1 is 1.29 bits per heavy atom. The van der Waals surface area contributed by atoms with E-state index in [1.807, 2.05) is 6.92 Å². The molecule has 17 heavy (non-hydrogen) atoms. The summed E-state index contributed by atoms with van der Waals surface area (Å²) in [6.07, 6.45) is -0.246. The normalized spacial score (nSPS) is 11.9. The molecule has 0 saturated heterocycles. The minimum atomic E-state index is -0.830. The van der Waals surface area contributed by atoms with E-state index in [0.29, 0.717) is 11.1 Å². The van der Waals surface area contributed by atoms with Crippen molar-refractivity contribution in [2.45, 2.75) is 20.0 Å². The molecule has 0 bridgehead atoms. The third-order valence-electron chi connectivity index (χ3n) is 2.46. The molecule has 1 atom stereocenters. The number of ether oxygens (including phenoxy) is 2. The molecule has 0 N–H and O–H groups in total. The fourth-order valence-electron chi connectivity index (χ4n) is 1.49. The lowest BCUT2D eigenvalue weighted by Gasteiger charge is -2.13. The van der Waals surface area contributed by atoms with Crippen LogP contribution in [0.3, 0.4) is 0 Å². The van der Waals surface area contributed by atoms with Gasteiger partial charge in [-0.3, -0.25) is 4.79 Å². The van der Waals surface area contributed by atoms with Gasteiger partial charge in [0.25, 0.3) is 5.78 Å². The van der Waals surface area contributed by atoms with Crippen LogP contribution < -0.4 is 0 Å². The van der Waals surface area contributed by atoms with Crippen molar-refractivity contribution in [3.8, 4) is 0 Å². The van der Waals surface area contributed by atoms with E-state index in [-0.39, 0.29) is 12.7 Å². The zero-order chi connectivity index (χ0) is 12.8. The number of Topliss-reactive ketones (excluding diaryl/α,β-unsaturated/α-hetero) is 1. The molecule has 0 aliphatic carbocycles. The first-order chi connectivity index (χ1) is 8.11. The maximum atomic E-state index is 11.8. The van der Waals surface area contributed by atoms with Crippen molar-refractivity contribution in [1.29, 1.82) is 0 Å². The predicted octanol–water partition coefficient (Wildman–Crippen LogP) is 2.14. The highest BCUT2D eigenvalue weighted by molar-refractivity contribution is 6.41. The van der Waals surface area contributed by atoms with Crippen molar-refractivity contribution < 1.29 is 19.1 Å². The molecular formula is C13H16O4. The summed E-state index contributed by atoms with van der Waals surface area (Å²) < 4.78 is 9.86. The van der Waals surface area contributed by atoms with Gasteiger partial charge < -0.3 is 9.47 Å². The number of carbonyl (C=O) groups is 2. The molecule has 1 aromatic rings. The zero-order valence-electron chi connectivity index (χ0n) is 10.2. The van der Waals surface area contributed by atoms with Crippen molar-refractivity contribution in [3.05, 3.63) is 35.4 Å². The van der Waals surface area contributed by atoms with E-state index in [2.05, 4.69) is 0 Å². The lowest BCUT2D eigenvalue weighted by molar-refractivity contribution is -0.137. The second-order valence-electron chi connectivity index (χ2n) is 3.51. The summed E-state index contributed by atoms with van der Waals surface area (Å²) >= 11 is 0. The van der Waals surface area contributed by atoms with E-state index in [1.165, 1.54) is 0 Å². The van der Waals surface area contributed by atoms with E-state index in [4.69, 9.17) is 9.47 Å². The van der Waals surface area contributed by atoms with Crippen LogP contribution in [-0.4, -0.2) is 25.5 Å². The summed E-state index contributed by atoms with van der Waals surface area (Å²) in [5, 5.41) is 0. The van der Waals surface area contributed by atoms with Crippen LogP contribution in [-0.2, 0) is 14.3 Å². The number of rotatable bonds is 5. The summed E-state index contributed by atoms with van der Waals surface area (Å²) in [5.41, 5.74) is 1.02. The lowest BCUT2D eigenvalue weighted by Crippen LogP contribution is -2.19. The fourth-order valence-corrected chi connectivity index (χ4v) is 1.49. The summed E-state index contributed by atoms with van der Waals surface area (Å²) in [5.74, 6) is -1.46. The molecular weight excluding hydrogens is 220 g/mol. The topological polar surface area (TPSA) is 52.6 Å². The summed E-state index contributed by atoms with van der Waals surface area (Å²) in [6.45, 7) is 3.67. The van der Waals surface area contributed by atoms with Gasteiger partial charge >= 0.3 is 5.97 Å². The highest BCUT2D eigenvalue weighted by Crippen LogP contribution is 2.21. The number of esters is 1. The largest absolute Gasteiger partial charge is 0.460 e. The van der Waals surface area contributed by atoms with Crippen molar-refractivity contribution in [3.63, 3.8) is 0 Å². The van der Waals surface area contributed by atoms with E-state index in [9.17, 15) is 9.59 Å². The Bertz CT molecular complexity index is 412. The fraction of sp³-hybridized carbons (Fsp3) is 0.385. The quantitative estimate of drug-likeness (QED) is 0.446. The van der Waals surface area contributed by atoms with Crippen LogP contribution in [0, 0.1) is 0 Å². The van der Waals surface area contributed by atoms with Gasteiger partial charge in [0.2, 0.25) is 0 Å².